The average Bonchev–Trinajstić information content (AvgIpc) is 2.59. The Morgan fingerprint density at radius 1 is 1.35 bits per heavy atom. The topological polar surface area (TPSA) is 91.2 Å². The number of anilines is 1. The molecule has 1 saturated carbocycles. The Labute approximate surface area is 153 Å². The quantitative estimate of drug-likeness (QED) is 0.813. The summed E-state index contributed by atoms with van der Waals surface area (Å²) in [6.07, 6.45) is 5.09. The van der Waals surface area contributed by atoms with E-state index in [1.165, 1.54) is 0 Å². The van der Waals surface area contributed by atoms with Gasteiger partial charge >= 0.3 is 0 Å². The number of carbonyl (C=O) groups is 1. The van der Waals surface area contributed by atoms with Crippen molar-refractivity contribution in [3.05, 3.63) is 47.5 Å². The summed E-state index contributed by atoms with van der Waals surface area (Å²) in [5.41, 5.74) is 2.04. The largest absolute Gasteiger partial charge is 0.393 e. The molecule has 2 N–H and O–H groups in total. The molecule has 7 nitrogen and oxygen atoms in total. The van der Waals surface area contributed by atoms with Gasteiger partial charge in [0.05, 0.1) is 17.4 Å². The van der Waals surface area contributed by atoms with Crippen LogP contribution in [0.1, 0.15) is 34.6 Å². The van der Waals surface area contributed by atoms with Gasteiger partial charge in [-0.25, -0.2) is 9.97 Å². The minimum atomic E-state index is -0.271. The van der Waals surface area contributed by atoms with Crippen molar-refractivity contribution >= 4 is 11.9 Å². The fraction of sp³-hybridized carbons (Fsp3) is 0.474. The van der Waals surface area contributed by atoms with Crippen LogP contribution in [0.3, 0.4) is 0 Å². The first kappa shape index (κ1) is 18.3. The molecule has 7 heteroatoms. The molecule has 3 rings (SSSR count). The second-order valence-corrected chi connectivity index (χ2v) is 7.05. The lowest BCUT2D eigenvalue weighted by Crippen LogP contribution is -2.48. The van der Waals surface area contributed by atoms with Crippen LogP contribution in [-0.2, 0) is 6.42 Å². The normalized spacial score (nSPS) is 20.2. The molecule has 2 aromatic rings. The highest BCUT2D eigenvalue weighted by Gasteiger charge is 2.35. The van der Waals surface area contributed by atoms with Gasteiger partial charge in [0.15, 0.2) is 0 Å². The lowest BCUT2D eigenvalue weighted by atomic mass is 9.76. The van der Waals surface area contributed by atoms with E-state index in [2.05, 4.69) is 20.3 Å². The van der Waals surface area contributed by atoms with E-state index >= 15 is 0 Å². The molecule has 1 atom stereocenters. The highest BCUT2D eigenvalue weighted by molar-refractivity contribution is 5.95. The van der Waals surface area contributed by atoms with Crippen molar-refractivity contribution in [1.82, 2.24) is 20.3 Å². The SMILES string of the molecule is Cc1nc(N(C)C)ncc1C(=O)NC(Cc1ccccn1)C1CC(O)C1. The predicted octanol–water partition coefficient (Wildman–Crippen LogP) is 1.36. The zero-order valence-corrected chi connectivity index (χ0v) is 15.4. The summed E-state index contributed by atoms with van der Waals surface area (Å²) in [6.45, 7) is 1.81. The maximum absolute atomic E-state index is 12.8. The van der Waals surface area contributed by atoms with Crippen molar-refractivity contribution in [3.63, 3.8) is 0 Å². The van der Waals surface area contributed by atoms with Gasteiger partial charge in [0.25, 0.3) is 5.91 Å². The Balaban J connectivity index is 1.74. The zero-order chi connectivity index (χ0) is 18.7. The molecule has 1 amide bonds. The molecule has 0 radical (unpaired) electrons. The molecular weight excluding hydrogens is 330 g/mol. The number of pyridine rings is 1. The number of nitrogens with zero attached hydrogens (tertiary/aromatic N) is 4. The highest BCUT2D eigenvalue weighted by atomic mass is 16.3. The number of aliphatic hydroxyl groups is 1. The van der Waals surface area contributed by atoms with Crippen LogP contribution in [0.25, 0.3) is 0 Å². The van der Waals surface area contributed by atoms with Crippen LogP contribution in [0, 0.1) is 12.8 Å². The summed E-state index contributed by atoms with van der Waals surface area (Å²) in [5.74, 6) is 0.638. The summed E-state index contributed by atoms with van der Waals surface area (Å²) in [5, 5.41) is 12.8. The number of carbonyl (C=O) groups excluding carboxylic acids is 1. The van der Waals surface area contributed by atoms with Gasteiger partial charge in [-0.2, -0.15) is 0 Å². The minimum absolute atomic E-state index is 0.0753. The van der Waals surface area contributed by atoms with Crippen LogP contribution in [-0.4, -0.2) is 52.2 Å². The van der Waals surface area contributed by atoms with Gasteiger partial charge in [0, 0.05) is 44.6 Å². The van der Waals surface area contributed by atoms with Gasteiger partial charge in [-0.1, -0.05) is 6.07 Å². The second-order valence-electron chi connectivity index (χ2n) is 7.05. The highest BCUT2D eigenvalue weighted by Crippen LogP contribution is 2.31. The number of aromatic nitrogens is 3. The van der Waals surface area contributed by atoms with Gasteiger partial charge < -0.3 is 15.3 Å². The lowest BCUT2D eigenvalue weighted by molar-refractivity contribution is 0.0237. The van der Waals surface area contributed by atoms with Crippen LogP contribution >= 0.6 is 0 Å². The monoisotopic (exact) mass is 355 g/mol. The number of aryl methyl sites for hydroxylation is 1. The molecule has 0 aromatic carbocycles. The van der Waals surface area contributed by atoms with Crippen LogP contribution in [0.2, 0.25) is 0 Å². The van der Waals surface area contributed by atoms with E-state index in [0.717, 1.165) is 5.69 Å². The van der Waals surface area contributed by atoms with Crippen LogP contribution in [0.4, 0.5) is 5.95 Å². The number of rotatable bonds is 6. The molecule has 0 saturated heterocycles. The van der Waals surface area contributed by atoms with Crippen LogP contribution < -0.4 is 10.2 Å². The fourth-order valence-electron chi connectivity index (χ4n) is 3.18. The third kappa shape index (κ3) is 4.16. The molecule has 1 fully saturated rings. The summed E-state index contributed by atoms with van der Waals surface area (Å²) < 4.78 is 0. The summed E-state index contributed by atoms with van der Waals surface area (Å²) in [6, 6.07) is 5.69. The van der Waals surface area contributed by atoms with Crippen LogP contribution in [0.5, 0.6) is 0 Å². The Kier molecular flexibility index (Phi) is 5.46. The standard InChI is InChI=1S/C19H25N5O2/c1-12-16(11-21-19(22-12)24(2)3)18(26)23-17(13-8-15(25)9-13)10-14-6-4-5-7-20-14/h4-7,11,13,15,17,25H,8-10H2,1-3H3,(H,23,26). The Morgan fingerprint density at radius 2 is 2.12 bits per heavy atom. The molecule has 26 heavy (non-hydrogen) atoms. The molecular formula is C19H25N5O2. The number of hydrogen-bond donors (Lipinski definition) is 2. The third-order valence-corrected chi connectivity index (χ3v) is 4.80. The third-order valence-electron chi connectivity index (χ3n) is 4.80. The van der Waals surface area contributed by atoms with Crippen molar-refractivity contribution in [2.75, 3.05) is 19.0 Å². The van der Waals surface area contributed by atoms with Gasteiger partial charge in [-0.3, -0.25) is 9.78 Å². The van der Waals surface area contributed by atoms with E-state index in [1.807, 2.05) is 39.2 Å². The molecule has 138 valence electrons. The van der Waals surface area contributed by atoms with Crippen molar-refractivity contribution in [2.24, 2.45) is 5.92 Å². The fourth-order valence-corrected chi connectivity index (χ4v) is 3.18. The number of hydrogen-bond acceptors (Lipinski definition) is 6. The van der Waals surface area contributed by atoms with E-state index in [4.69, 9.17) is 0 Å². The Bertz CT molecular complexity index is 760. The van der Waals surface area contributed by atoms with E-state index in [-0.39, 0.29) is 24.0 Å². The molecule has 0 aliphatic heterocycles. The van der Waals surface area contributed by atoms with Crippen molar-refractivity contribution in [2.45, 2.75) is 38.3 Å². The molecule has 0 spiro atoms. The number of aliphatic hydroxyl groups excluding tert-OH is 1. The molecule has 1 aliphatic carbocycles. The first-order valence-corrected chi connectivity index (χ1v) is 8.84. The van der Waals surface area contributed by atoms with E-state index < -0.39 is 0 Å². The lowest BCUT2D eigenvalue weighted by Gasteiger charge is -2.38. The molecule has 2 aromatic heterocycles. The first-order chi connectivity index (χ1) is 12.4. The predicted molar refractivity (Wildman–Crippen MR) is 99.0 cm³/mol. The molecule has 1 aliphatic rings. The Morgan fingerprint density at radius 3 is 2.69 bits per heavy atom. The Hall–Kier alpha value is -2.54. The van der Waals surface area contributed by atoms with Crippen molar-refractivity contribution < 1.29 is 9.90 Å². The van der Waals surface area contributed by atoms with E-state index in [9.17, 15) is 9.90 Å². The maximum atomic E-state index is 12.8. The van der Waals surface area contributed by atoms with E-state index in [0.29, 0.717) is 36.5 Å². The molecule has 1 unspecified atom stereocenters. The zero-order valence-electron chi connectivity index (χ0n) is 15.4. The molecule has 2 heterocycles. The van der Waals surface area contributed by atoms with Gasteiger partial charge in [0.1, 0.15) is 0 Å². The van der Waals surface area contributed by atoms with E-state index in [1.54, 1.807) is 17.3 Å². The minimum Gasteiger partial charge on any atom is -0.393 e. The smallest absolute Gasteiger partial charge is 0.254 e. The van der Waals surface area contributed by atoms with Gasteiger partial charge in [-0.15, -0.1) is 0 Å². The van der Waals surface area contributed by atoms with Gasteiger partial charge in [0.2, 0.25) is 5.95 Å². The summed E-state index contributed by atoms with van der Waals surface area (Å²) in [4.78, 5) is 27.6. The van der Waals surface area contributed by atoms with Gasteiger partial charge in [-0.05, 0) is 37.8 Å². The first-order valence-electron chi connectivity index (χ1n) is 8.84. The van der Waals surface area contributed by atoms with Crippen molar-refractivity contribution in [1.29, 1.82) is 0 Å². The molecule has 0 bridgehead atoms. The number of amides is 1. The number of nitrogens with one attached hydrogen (secondary N) is 1. The van der Waals surface area contributed by atoms with Crippen molar-refractivity contribution in [3.8, 4) is 0 Å². The summed E-state index contributed by atoms with van der Waals surface area (Å²) >= 11 is 0. The van der Waals surface area contributed by atoms with Crippen LogP contribution in [0.15, 0.2) is 30.6 Å². The average molecular weight is 355 g/mol. The summed E-state index contributed by atoms with van der Waals surface area (Å²) in [7, 11) is 3.72. The maximum Gasteiger partial charge on any atom is 0.254 e. The second kappa shape index (κ2) is 7.78.